The number of nitrogens with zero attached hydrogens (tertiary/aromatic N) is 4. The van der Waals surface area contributed by atoms with Crippen LogP contribution in [0.25, 0.3) is 11.0 Å². The summed E-state index contributed by atoms with van der Waals surface area (Å²) in [6, 6.07) is 7.56. The summed E-state index contributed by atoms with van der Waals surface area (Å²) in [7, 11) is 1.64. The quantitative estimate of drug-likeness (QED) is 0.580. The number of hydrogen-bond donors (Lipinski definition) is 1. The van der Waals surface area contributed by atoms with E-state index in [0.29, 0.717) is 30.5 Å². The van der Waals surface area contributed by atoms with E-state index in [1.54, 1.807) is 11.7 Å². The summed E-state index contributed by atoms with van der Waals surface area (Å²) in [5, 5.41) is 17.5. The third kappa shape index (κ3) is 2.78. The van der Waals surface area contributed by atoms with Crippen molar-refractivity contribution in [2.24, 2.45) is 7.05 Å². The van der Waals surface area contributed by atoms with E-state index in [4.69, 9.17) is 0 Å². The first kappa shape index (κ1) is 16.5. The molecule has 0 atom stereocenters. The number of carboxylic acids is 1. The van der Waals surface area contributed by atoms with Crippen LogP contribution < -0.4 is 0 Å². The Morgan fingerprint density at radius 1 is 1.36 bits per heavy atom. The third-order valence-electron chi connectivity index (χ3n) is 4.08. The van der Waals surface area contributed by atoms with Crippen LogP contribution in [0, 0.1) is 11.8 Å². The number of aromatic nitrogens is 4. The lowest BCUT2D eigenvalue weighted by Crippen LogP contribution is -2.04. The molecular weight excluding hydrogens is 320 g/mol. The van der Waals surface area contributed by atoms with Crippen molar-refractivity contribution in [2.45, 2.75) is 19.9 Å². The smallest absolute Gasteiger partial charge is 0.338 e. The molecule has 7 nitrogen and oxygen atoms in total. The summed E-state index contributed by atoms with van der Waals surface area (Å²) >= 11 is 0. The molecule has 1 aromatic carbocycles. The Balaban J connectivity index is 2.00. The fourth-order valence-electron chi connectivity index (χ4n) is 2.88. The number of benzene rings is 1. The maximum Gasteiger partial charge on any atom is 0.338 e. The van der Waals surface area contributed by atoms with Gasteiger partial charge in [-0.25, -0.2) is 9.48 Å². The molecule has 0 aliphatic heterocycles. The van der Waals surface area contributed by atoms with E-state index in [2.05, 4.69) is 22.2 Å². The van der Waals surface area contributed by atoms with Gasteiger partial charge in [0.2, 0.25) is 0 Å². The van der Waals surface area contributed by atoms with Crippen LogP contribution in [0.4, 0.5) is 0 Å². The van der Waals surface area contributed by atoms with Crippen LogP contribution in [0.1, 0.15) is 39.0 Å². The first-order chi connectivity index (χ1) is 12.1. The second-order valence-electron chi connectivity index (χ2n) is 5.46. The molecule has 2 aromatic heterocycles. The number of hydrogen-bond acceptors (Lipinski definition) is 4. The van der Waals surface area contributed by atoms with Crippen LogP contribution in [0.2, 0.25) is 0 Å². The lowest BCUT2D eigenvalue weighted by atomic mass is 10.1. The number of aromatic carboxylic acids is 1. The van der Waals surface area contributed by atoms with Gasteiger partial charge in [-0.1, -0.05) is 30.2 Å². The molecule has 2 heterocycles. The zero-order valence-electron chi connectivity index (χ0n) is 13.9. The van der Waals surface area contributed by atoms with E-state index in [-0.39, 0.29) is 11.3 Å². The van der Waals surface area contributed by atoms with E-state index in [1.165, 1.54) is 4.57 Å². The Kier molecular flexibility index (Phi) is 4.35. The largest absolute Gasteiger partial charge is 0.478 e. The fourth-order valence-corrected chi connectivity index (χ4v) is 2.88. The Bertz CT molecular complexity index is 1030. The van der Waals surface area contributed by atoms with Gasteiger partial charge < -0.3 is 9.67 Å². The molecule has 1 N–H and O–H groups in total. The van der Waals surface area contributed by atoms with Crippen LogP contribution in [0.3, 0.4) is 0 Å². The molecule has 0 saturated carbocycles. The molecule has 0 saturated heterocycles. The van der Waals surface area contributed by atoms with E-state index in [0.717, 1.165) is 11.0 Å². The summed E-state index contributed by atoms with van der Waals surface area (Å²) in [6.07, 6.45) is 1.03. The van der Waals surface area contributed by atoms with E-state index < -0.39 is 5.97 Å². The van der Waals surface area contributed by atoms with Crippen molar-refractivity contribution in [3.63, 3.8) is 0 Å². The maximum absolute atomic E-state index is 11.5. The molecule has 0 aliphatic rings. The summed E-state index contributed by atoms with van der Waals surface area (Å²) in [5.74, 6) is 4.86. The van der Waals surface area contributed by atoms with Crippen molar-refractivity contribution in [2.75, 3.05) is 0 Å². The Hall–Kier alpha value is -3.40. The highest BCUT2D eigenvalue weighted by atomic mass is 16.4. The molecule has 0 fully saturated rings. The summed E-state index contributed by atoms with van der Waals surface area (Å²) in [6.45, 7) is 2.15. The van der Waals surface area contributed by atoms with Gasteiger partial charge in [-0.3, -0.25) is 4.79 Å². The van der Waals surface area contributed by atoms with Crippen LogP contribution in [0.5, 0.6) is 0 Å². The Labute approximate surface area is 143 Å². The van der Waals surface area contributed by atoms with Crippen molar-refractivity contribution in [3.05, 3.63) is 46.8 Å². The Morgan fingerprint density at radius 2 is 2.12 bits per heavy atom. The molecule has 3 aromatic rings. The highest BCUT2D eigenvalue weighted by molar-refractivity contribution is 5.99. The average Bonchev–Trinajstić information content (AvgIpc) is 3.14. The lowest BCUT2D eigenvalue weighted by Gasteiger charge is -1.99. The van der Waals surface area contributed by atoms with Gasteiger partial charge in [-0.05, 0) is 24.5 Å². The van der Waals surface area contributed by atoms with Crippen LogP contribution in [0.15, 0.2) is 24.3 Å². The molecule has 25 heavy (non-hydrogen) atoms. The number of aldehydes is 1. The van der Waals surface area contributed by atoms with E-state index in [1.807, 2.05) is 31.2 Å². The summed E-state index contributed by atoms with van der Waals surface area (Å²) < 4.78 is 3.21. The zero-order chi connectivity index (χ0) is 18.0. The standard InChI is InChI=1S/C18H16N4O3/c1-3-12-14(21(2)16(11-23)17(12)18(24)25)9-6-10-22-15-8-5-4-7-13(15)19-20-22/h4-5,7-8,11H,3,10H2,1-2H3,(H,24,25). The molecule has 7 heteroatoms. The average molecular weight is 336 g/mol. The normalized spacial score (nSPS) is 10.5. The first-order valence-corrected chi connectivity index (χ1v) is 7.75. The van der Waals surface area contributed by atoms with Gasteiger partial charge in [0.05, 0.1) is 22.5 Å². The van der Waals surface area contributed by atoms with Crippen molar-refractivity contribution >= 4 is 23.3 Å². The highest BCUT2D eigenvalue weighted by Gasteiger charge is 2.23. The third-order valence-corrected chi connectivity index (χ3v) is 4.08. The van der Waals surface area contributed by atoms with Gasteiger partial charge in [0.1, 0.15) is 12.1 Å². The monoisotopic (exact) mass is 336 g/mol. The molecular formula is C18H16N4O3. The van der Waals surface area contributed by atoms with Gasteiger partial charge in [0.25, 0.3) is 0 Å². The molecule has 0 radical (unpaired) electrons. The summed E-state index contributed by atoms with van der Waals surface area (Å²) in [5.41, 5.74) is 2.91. The second-order valence-corrected chi connectivity index (χ2v) is 5.46. The predicted molar refractivity (Wildman–Crippen MR) is 91.5 cm³/mol. The number of carbonyl (C=O) groups is 2. The molecule has 0 aliphatic carbocycles. The number of fused-ring (bicyclic) bond motifs is 1. The number of carbonyl (C=O) groups excluding carboxylic acids is 1. The van der Waals surface area contributed by atoms with Crippen LogP contribution >= 0.6 is 0 Å². The topological polar surface area (TPSA) is 90.0 Å². The van der Waals surface area contributed by atoms with Crippen LogP contribution in [-0.4, -0.2) is 36.9 Å². The number of rotatable bonds is 4. The van der Waals surface area contributed by atoms with Crippen molar-refractivity contribution in [3.8, 4) is 11.8 Å². The second kappa shape index (κ2) is 6.61. The van der Waals surface area contributed by atoms with E-state index in [9.17, 15) is 14.7 Å². The molecule has 0 bridgehead atoms. The fraction of sp³-hybridized carbons (Fsp3) is 0.222. The first-order valence-electron chi connectivity index (χ1n) is 7.75. The molecule has 3 rings (SSSR count). The van der Waals surface area contributed by atoms with Gasteiger partial charge in [-0.2, -0.15) is 0 Å². The number of para-hydroxylation sites is 1. The lowest BCUT2D eigenvalue weighted by molar-refractivity contribution is 0.0692. The van der Waals surface area contributed by atoms with Crippen molar-refractivity contribution in [1.82, 2.24) is 19.6 Å². The summed E-state index contributed by atoms with van der Waals surface area (Å²) in [4.78, 5) is 22.8. The van der Waals surface area contributed by atoms with Gasteiger partial charge in [0, 0.05) is 12.6 Å². The highest BCUT2D eigenvalue weighted by Crippen LogP contribution is 2.21. The van der Waals surface area contributed by atoms with Crippen LogP contribution in [-0.2, 0) is 20.0 Å². The maximum atomic E-state index is 11.5. The minimum Gasteiger partial charge on any atom is -0.478 e. The Morgan fingerprint density at radius 3 is 2.80 bits per heavy atom. The minimum atomic E-state index is -1.12. The molecule has 126 valence electrons. The molecule has 0 spiro atoms. The van der Waals surface area contributed by atoms with Gasteiger partial charge in [0.15, 0.2) is 6.29 Å². The predicted octanol–water partition coefficient (Wildman–Crippen LogP) is 1.89. The van der Waals surface area contributed by atoms with Gasteiger partial charge in [-0.15, -0.1) is 5.10 Å². The zero-order valence-corrected chi connectivity index (χ0v) is 13.9. The number of carboxylic acid groups (broad SMARTS) is 1. The molecule has 0 unspecified atom stereocenters. The minimum absolute atomic E-state index is 0.0236. The molecule has 0 amide bonds. The SMILES string of the molecule is CCc1c(C(=O)O)c(C=O)n(C)c1C#CCn1nnc2ccccc21. The van der Waals surface area contributed by atoms with Crippen molar-refractivity contribution < 1.29 is 14.7 Å². The van der Waals surface area contributed by atoms with Gasteiger partial charge >= 0.3 is 5.97 Å². The van der Waals surface area contributed by atoms with Crippen molar-refractivity contribution in [1.29, 1.82) is 0 Å². The van der Waals surface area contributed by atoms with E-state index >= 15 is 0 Å².